The Labute approximate surface area is 104 Å². The van der Waals surface area contributed by atoms with Gasteiger partial charge < -0.3 is 14.9 Å². The summed E-state index contributed by atoms with van der Waals surface area (Å²) in [7, 11) is 1.47. The van der Waals surface area contributed by atoms with E-state index < -0.39 is 11.5 Å². The third kappa shape index (κ3) is 2.00. The zero-order chi connectivity index (χ0) is 13.1. The Balaban J connectivity index is 2.52. The van der Waals surface area contributed by atoms with Gasteiger partial charge in [-0.15, -0.1) is 0 Å². The van der Waals surface area contributed by atoms with Crippen molar-refractivity contribution in [2.75, 3.05) is 7.11 Å². The zero-order valence-corrected chi connectivity index (χ0v) is 9.75. The SMILES string of the molecule is COc1ccccc1C(=O)c1cccc(O)c1O. The van der Waals surface area contributed by atoms with Crippen LogP contribution in [0.25, 0.3) is 0 Å². The number of phenolic OH excluding ortho intramolecular Hbond substituents is 2. The molecule has 92 valence electrons. The molecule has 0 atom stereocenters. The predicted molar refractivity (Wildman–Crippen MR) is 66.2 cm³/mol. The first kappa shape index (κ1) is 12.0. The molecule has 0 saturated carbocycles. The summed E-state index contributed by atoms with van der Waals surface area (Å²) in [6.45, 7) is 0. The second-order valence-electron chi connectivity index (χ2n) is 3.70. The number of para-hydroxylation sites is 2. The van der Waals surface area contributed by atoms with Crippen LogP contribution in [0.3, 0.4) is 0 Å². The van der Waals surface area contributed by atoms with Crippen LogP contribution >= 0.6 is 0 Å². The van der Waals surface area contributed by atoms with Gasteiger partial charge in [0.25, 0.3) is 0 Å². The Morgan fingerprint density at radius 2 is 1.67 bits per heavy atom. The molecule has 0 radical (unpaired) electrons. The maximum Gasteiger partial charge on any atom is 0.200 e. The summed E-state index contributed by atoms with van der Waals surface area (Å²) in [5.41, 5.74) is 0.375. The van der Waals surface area contributed by atoms with Crippen LogP contribution in [0.15, 0.2) is 42.5 Å². The lowest BCUT2D eigenvalue weighted by molar-refractivity contribution is 0.103. The highest BCUT2D eigenvalue weighted by molar-refractivity contribution is 6.12. The highest BCUT2D eigenvalue weighted by Crippen LogP contribution is 2.31. The average Bonchev–Trinajstić information content (AvgIpc) is 2.41. The van der Waals surface area contributed by atoms with Crippen LogP contribution < -0.4 is 4.74 Å². The lowest BCUT2D eigenvalue weighted by atomic mass is 10.0. The lowest BCUT2D eigenvalue weighted by Crippen LogP contribution is -2.04. The molecule has 0 amide bonds. The number of benzene rings is 2. The fraction of sp³-hybridized carbons (Fsp3) is 0.0714. The fourth-order valence-electron chi connectivity index (χ4n) is 1.69. The molecular weight excluding hydrogens is 232 g/mol. The van der Waals surface area contributed by atoms with Crippen molar-refractivity contribution >= 4 is 5.78 Å². The van der Waals surface area contributed by atoms with Crippen LogP contribution in [-0.2, 0) is 0 Å². The van der Waals surface area contributed by atoms with Gasteiger partial charge in [-0.25, -0.2) is 0 Å². The highest BCUT2D eigenvalue weighted by Gasteiger charge is 2.18. The number of carbonyl (C=O) groups excluding carboxylic acids is 1. The van der Waals surface area contributed by atoms with Gasteiger partial charge in [0, 0.05) is 0 Å². The van der Waals surface area contributed by atoms with E-state index in [1.165, 1.54) is 25.3 Å². The third-order valence-corrected chi connectivity index (χ3v) is 2.61. The maximum atomic E-state index is 12.2. The molecule has 0 aliphatic rings. The van der Waals surface area contributed by atoms with E-state index in [-0.39, 0.29) is 11.3 Å². The van der Waals surface area contributed by atoms with E-state index in [1.54, 1.807) is 24.3 Å². The normalized spacial score (nSPS) is 10.1. The van der Waals surface area contributed by atoms with Gasteiger partial charge in [-0.05, 0) is 24.3 Å². The molecule has 4 nitrogen and oxygen atoms in total. The summed E-state index contributed by atoms with van der Waals surface area (Å²) in [4.78, 5) is 12.2. The Kier molecular flexibility index (Phi) is 3.19. The summed E-state index contributed by atoms with van der Waals surface area (Å²) >= 11 is 0. The van der Waals surface area contributed by atoms with Gasteiger partial charge in [0.05, 0.1) is 18.2 Å². The number of carbonyl (C=O) groups is 1. The number of rotatable bonds is 3. The molecule has 0 unspecified atom stereocenters. The smallest absolute Gasteiger partial charge is 0.200 e. The van der Waals surface area contributed by atoms with Gasteiger partial charge in [-0.1, -0.05) is 18.2 Å². The molecule has 0 saturated heterocycles. The molecule has 2 aromatic carbocycles. The maximum absolute atomic E-state index is 12.2. The number of phenols is 2. The van der Waals surface area contributed by atoms with Gasteiger partial charge in [0.15, 0.2) is 11.5 Å². The second-order valence-corrected chi connectivity index (χ2v) is 3.70. The Bertz CT molecular complexity index is 590. The van der Waals surface area contributed by atoms with Crippen LogP contribution in [0.1, 0.15) is 15.9 Å². The minimum absolute atomic E-state index is 0.0412. The van der Waals surface area contributed by atoms with E-state index in [2.05, 4.69) is 0 Å². The van der Waals surface area contributed by atoms with Gasteiger partial charge in [0.1, 0.15) is 5.75 Å². The zero-order valence-electron chi connectivity index (χ0n) is 9.75. The summed E-state index contributed by atoms with van der Waals surface area (Å²) < 4.78 is 5.09. The van der Waals surface area contributed by atoms with Crippen molar-refractivity contribution in [3.8, 4) is 17.2 Å². The number of aromatic hydroxyl groups is 2. The lowest BCUT2D eigenvalue weighted by Gasteiger charge is -2.08. The fourth-order valence-corrected chi connectivity index (χ4v) is 1.69. The van der Waals surface area contributed by atoms with E-state index in [4.69, 9.17) is 4.74 Å². The van der Waals surface area contributed by atoms with Crippen LogP contribution in [0.5, 0.6) is 17.2 Å². The van der Waals surface area contributed by atoms with Crippen LogP contribution in [0.2, 0.25) is 0 Å². The van der Waals surface area contributed by atoms with Crippen molar-refractivity contribution in [2.45, 2.75) is 0 Å². The molecule has 0 aliphatic carbocycles. The molecule has 2 N–H and O–H groups in total. The molecule has 0 heterocycles. The van der Waals surface area contributed by atoms with E-state index in [1.807, 2.05) is 0 Å². The minimum Gasteiger partial charge on any atom is -0.504 e. The molecule has 0 fully saturated rings. The van der Waals surface area contributed by atoms with Crippen LogP contribution in [-0.4, -0.2) is 23.1 Å². The van der Waals surface area contributed by atoms with Gasteiger partial charge >= 0.3 is 0 Å². The molecule has 2 aromatic rings. The van der Waals surface area contributed by atoms with E-state index in [0.717, 1.165) is 0 Å². The summed E-state index contributed by atoms with van der Waals surface area (Å²) in [5, 5.41) is 19.1. The van der Waals surface area contributed by atoms with Crippen molar-refractivity contribution in [1.29, 1.82) is 0 Å². The average molecular weight is 244 g/mol. The molecule has 18 heavy (non-hydrogen) atoms. The second kappa shape index (κ2) is 4.79. The molecule has 0 spiro atoms. The number of ketones is 1. The Morgan fingerprint density at radius 1 is 1.00 bits per heavy atom. The van der Waals surface area contributed by atoms with E-state index in [9.17, 15) is 15.0 Å². The predicted octanol–water partition coefficient (Wildman–Crippen LogP) is 2.34. The molecule has 0 aliphatic heterocycles. The number of hydrogen-bond donors (Lipinski definition) is 2. The van der Waals surface area contributed by atoms with E-state index >= 15 is 0 Å². The molecule has 2 rings (SSSR count). The molecule has 4 heteroatoms. The third-order valence-electron chi connectivity index (χ3n) is 2.61. The first-order chi connectivity index (χ1) is 8.65. The topological polar surface area (TPSA) is 66.8 Å². The highest BCUT2D eigenvalue weighted by atomic mass is 16.5. The minimum atomic E-state index is -0.423. The molecule has 0 bridgehead atoms. The number of methoxy groups -OCH3 is 1. The van der Waals surface area contributed by atoms with Gasteiger partial charge in [-0.3, -0.25) is 4.79 Å². The standard InChI is InChI=1S/C14H12O4/c1-18-12-8-3-2-5-9(12)13(16)10-6-4-7-11(15)14(10)17/h2-8,15,17H,1H3. The van der Waals surface area contributed by atoms with Gasteiger partial charge in [-0.2, -0.15) is 0 Å². The Morgan fingerprint density at radius 3 is 2.39 bits per heavy atom. The van der Waals surface area contributed by atoms with Crippen LogP contribution in [0.4, 0.5) is 0 Å². The van der Waals surface area contributed by atoms with Crippen molar-refractivity contribution in [3.05, 3.63) is 53.6 Å². The summed E-state index contributed by atoms with van der Waals surface area (Å²) in [5.74, 6) is -0.727. The van der Waals surface area contributed by atoms with Crippen molar-refractivity contribution in [2.24, 2.45) is 0 Å². The van der Waals surface area contributed by atoms with Crippen molar-refractivity contribution < 1.29 is 19.7 Å². The largest absolute Gasteiger partial charge is 0.504 e. The van der Waals surface area contributed by atoms with Crippen LogP contribution in [0, 0.1) is 0 Å². The first-order valence-corrected chi connectivity index (χ1v) is 5.34. The molecular formula is C14H12O4. The molecule has 0 aromatic heterocycles. The Hall–Kier alpha value is -2.49. The summed E-state index contributed by atoms with van der Waals surface area (Å²) in [6, 6.07) is 11.0. The first-order valence-electron chi connectivity index (χ1n) is 5.34. The summed E-state index contributed by atoms with van der Waals surface area (Å²) in [6.07, 6.45) is 0. The van der Waals surface area contributed by atoms with E-state index in [0.29, 0.717) is 11.3 Å². The quantitative estimate of drug-likeness (QED) is 0.642. The number of hydrogen-bond acceptors (Lipinski definition) is 4. The van der Waals surface area contributed by atoms with Crippen molar-refractivity contribution in [3.63, 3.8) is 0 Å². The number of ether oxygens (including phenoxy) is 1. The monoisotopic (exact) mass is 244 g/mol. The van der Waals surface area contributed by atoms with Crippen molar-refractivity contribution in [1.82, 2.24) is 0 Å². The van der Waals surface area contributed by atoms with Gasteiger partial charge in [0.2, 0.25) is 5.78 Å².